The van der Waals surface area contributed by atoms with E-state index in [-0.39, 0.29) is 28.4 Å². The van der Waals surface area contributed by atoms with Gasteiger partial charge in [-0.25, -0.2) is 5.43 Å². The van der Waals surface area contributed by atoms with Gasteiger partial charge in [0.1, 0.15) is 11.4 Å². The minimum atomic E-state index is -0.743. The number of benzene rings is 3. The largest absolute Gasteiger partial charge is 0.508 e. The van der Waals surface area contributed by atoms with Crippen LogP contribution in [0.3, 0.4) is 0 Å². The molecule has 2 amide bonds. The lowest BCUT2D eigenvalue weighted by molar-refractivity contribution is -0.385. The molecule has 0 radical (unpaired) electrons. The maximum atomic E-state index is 13.0. The first-order chi connectivity index (χ1) is 17.2. The van der Waals surface area contributed by atoms with Gasteiger partial charge in [0.15, 0.2) is 5.75 Å². The summed E-state index contributed by atoms with van der Waals surface area (Å²) in [6.45, 7) is 3.41. The lowest BCUT2D eigenvalue weighted by Crippen LogP contribution is -2.33. The molecule has 3 rings (SSSR count). The lowest BCUT2D eigenvalue weighted by atomic mass is 10.1. The van der Waals surface area contributed by atoms with Gasteiger partial charge in [0, 0.05) is 11.6 Å². The van der Waals surface area contributed by atoms with Crippen molar-refractivity contribution in [2.45, 2.75) is 13.8 Å². The third-order valence-corrected chi connectivity index (χ3v) is 5.18. The molecule has 184 valence electrons. The maximum absolute atomic E-state index is 13.0. The van der Waals surface area contributed by atoms with E-state index >= 15 is 0 Å². The van der Waals surface area contributed by atoms with E-state index in [1.807, 2.05) is 0 Å². The SMILES string of the molecule is COc1ccc(C=C(NC(=O)c2ccccc2)C(=O)NN=C(C)c2ccc(O)c(C)c2)cc1[N+](=O)[O-]. The van der Waals surface area contributed by atoms with E-state index in [9.17, 15) is 24.8 Å². The molecule has 10 nitrogen and oxygen atoms in total. The Bertz CT molecular complexity index is 1370. The molecule has 0 aromatic heterocycles. The Morgan fingerprint density at radius 2 is 1.78 bits per heavy atom. The Balaban J connectivity index is 1.94. The summed E-state index contributed by atoms with van der Waals surface area (Å²) in [4.78, 5) is 36.5. The summed E-state index contributed by atoms with van der Waals surface area (Å²) in [6, 6.07) is 17.3. The number of phenolic OH excluding ortho intramolecular Hbond substituents is 1. The first kappa shape index (κ1) is 25.6. The van der Waals surface area contributed by atoms with Gasteiger partial charge in [-0.1, -0.05) is 24.3 Å². The van der Waals surface area contributed by atoms with Gasteiger partial charge in [0.25, 0.3) is 11.8 Å². The zero-order valence-corrected chi connectivity index (χ0v) is 19.8. The number of hydrazone groups is 1. The number of rotatable bonds is 8. The van der Waals surface area contributed by atoms with E-state index in [2.05, 4.69) is 15.8 Å². The molecular formula is C26H24N4O6. The van der Waals surface area contributed by atoms with Crippen LogP contribution in [0.2, 0.25) is 0 Å². The van der Waals surface area contributed by atoms with Crippen molar-refractivity contribution in [3.8, 4) is 11.5 Å². The van der Waals surface area contributed by atoms with Crippen molar-refractivity contribution in [3.05, 3.63) is 105 Å². The molecule has 36 heavy (non-hydrogen) atoms. The number of phenols is 1. The minimum Gasteiger partial charge on any atom is -0.508 e. The molecule has 0 fully saturated rings. The third kappa shape index (κ3) is 6.32. The monoisotopic (exact) mass is 488 g/mol. The predicted molar refractivity (Wildman–Crippen MR) is 135 cm³/mol. The fourth-order valence-electron chi connectivity index (χ4n) is 3.19. The molecule has 0 aliphatic heterocycles. The van der Waals surface area contributed by atoms with Gasteiger partial charge in [-0.15, -0.1) is 0 Å². The number of aryl methyl sites for hydroxylation is 1. The highest BCUT2D eigenvalue weighted by Gasteiger charge is 2.18. The number of aromatic hydroxyl groups is 1. The minimum absolute atomic E-state index is 0.0564. The van der Waals surface area contributed by atoms with Gasteiger partial charge < -0.3 is 15.2 Å². The molecule has 3 aromatic carbocycles. The van der Waals surface area contributed by atoms with Crippen molar-refractivity contribution in [1.29, 1.82) is 0 Å². The van der Waals surface area contributed by atoms with Crippen LogP contribution in [0.15, 0.2) is 77.5 Å². The van der Waals surface area contributed by atoms with E-state index < -0.39 is 16.7 Å². The van der Waals surface area contributed by atoms with E-state index in [0.29, 0.717) is 22.4 Å². The third-order valence-electron chi connectivity index (χ3n) is 5.18. The second kappa shape index (κ2) is 11.4. The van der Waals surface area contributed by atoms with Crippen LogP contribution >= 0.6 is 0 Å². The number of nitrogens with zero attached hydrogens (tertiary/aromatic N) is 2. The van der Waals surface area contributed by atoms with Crippen molar-refractivity contribution in [2.24, 2.45) is 5.10 Å². The number of nitro groups is 1. The van der Waals surface area contributed by atoms with Crippen molar-refractivity contribution in [1.82, 2.24) is 10.7 Å². The number of nitro benzene ring substituents is 1. The maximum Gasteiger partial charge on any atom is 0.311 e. The van der Waals surface area contributed by atoms with Crippen LogP contribution in [-0.4, -0.2) is 34.7 Å². The zero-order chi connectivity index (χ0) is 26.2. The van der Waals surface area contributed by atoms with Crippen LogP contribution in [0, 0.1) is 17.0 Å². The molecule has 0 bridgehead atoms. The first-order valence-electron chi connectivity index (χ1n) is 10.7. The Morgan fingerprint density at radius 3 is 2.42 bits per heavy atom. The number of hydrogen-bond acceptors (Lipinski definition) is 7. The van der Waals surface area contributed by atoms with Gasteiger partial charge in [-0.2, -0.15) is 5.10 Å². The van der Waals surface area contributed by atoms with Crippen molar-refractivity contribution in [3.63, 3.8) is 0 Å². The Hall–Kier alpha value is -4.99. The molecule has 0 saturated carbocycles. The van der Waals surface area contributed by atoms with Crippen LogP contribution in [0.4, 0.5) is 5.69 Å². The van der Waals surface area contributed by atoms with E-state index in [0.717, 1.165) is 0 Å². The topological polar surface area (TPSA) is 143 Å². The summed E-state index contributed by atoms with van der Waals surface area (Å²) >= 11 is 0. The molecule has 0 aliphatic rings. The van der Waals surface area contributed by atoms with E-state index in [4.69, 9.17) is 4.74 Å². The highest BCUT2D eigenvalue weighted by Crippen LogP contribution is 2.28. The Morgan fingerprint density at radius 1 is 1.06 bits per heavy atom. The number of carbonyl (C=O) groups is 2. The first-order valence-corrected chi connectivity index (χ1v) is 10.7. The Kier molecular flexibility index (Phi) is 8.14. The fraction of sp³-hybridized carbons (Fsp3) is 0.115. The number of methoxy groups -OCH3 is 1. The average molecular weight is 489 g/mol. The number of hydrogen-bond donors (Lipinski definition) is 3. The molecule has 10 heteroatoms. The van der Waals surface area contributed by atoms with Crippen LogP contribution in [0.5, 0.6) is 11.5 Å². The quantitative estimate of drug-likeness (QED) is 0.190. The molecule has 0 saturated heterocycles. The zero-order valence-electron chi connectivity index (χ0n) is 19.8. The normalized spacial score (nSPS) is 11.5. The van der Waals surface area contributed by atoms with Gasteiger partial charge >= 0.3 is 5.69 Å². The lowest BCUT2D eigenvalue weighted by Gasteiger charge is -2.10. The second-order valence-electron chi connectivity index (χ2n) is 7.71. The highest BCUT2D eigenvalue weighted by molar-refractivity contribution is 6.06. The fourth-order valence-corrected chi connectivity index (χ4v) is 3.19. The van der Waals surface area contributed by atoms with Crippen LogP contribution in [-0.2, 0) is 4.79 Å². The summed E-state index contributed by atoms with van der Waals surface area (Å²) < 4.78 is 5.01. The number of amides is 2. The summed E-state index contributed by atoms with van der Waals surface area (Å²) in [5.41, 5.74) is 4.31. The van der Waals surface area contributed by atoms with Crippen LogP contribution in [0.1, 0.15) is 34.0 Å². The number of nitrogens with one attached hydrogen (secondary N) is 2. The van der Waals surface area contributed by atoms with Gasteiger partial charge in [0.2, 0.25) is 0 Å². The second-order valence-corrected chi connectivity index (χ2v) is 7.71. The summed E-state index contributed by atoms with van der Waals surface area (Å²) in [7, 11) is 1.31. The van der Waals surface area contributed by atoms with Gasteiger partial charge in [-0.05, 0) is 73.0 Å². The molecular weight excluding hydrogens is 464 g/mol. The summed E-state index contributed by atoms with van der Waals surface area (Å²) in [5.74, 6) is -1.10. The smallest absolute Gasteiger partial charge is 0.311 e. The molecule has 0 atom stereocenters. The highest BCUT2D eigenvalue weighted by atomic mass is 16.6. The molecule has 0 aliphatic carbocycles. The standard InChI is InChI=1S/C26H24N4O6/c1-16-13-20(10-11-23(16)31)17(2)28-29-26(33)21(27-25(32)19-7-5-4-6-8-19)14-18-9-12-24(36-3)22(15-18)30(34)35/h4-15,31H,1-3H3,(H,27,32)(H,29,33). The summed E-state index contributed by atoms with van der Waals surface area (Å²) in [6.07, 6.45) is 1.30. The van der Waals surface area contributed by atoms with Gasteiger partial charge in [0.05, 0.1) is 17.7 Å². The van der Waals surface area contributed by atoms with Crippen LogP contribution in [0.25, 0.3) is 6.08 Å². The number of ether oxygens (including phenoxy) is 1. The molecule has 3 aromatic rings. The molecule has 0 unspecified atom stereocenters. The molecule has 0 heterocycles. The average Bonchev–Trinajstić information content (AvgIpc) is 2.88. The van der Waals surface area contributed by atoms with Crippen molar-refractivity contribution < 1.29 is 24.4 Å². The Labute approximate surface area is 207 Å². The number of carbonyl (C=O) groups excluding carboxylic acids is 2. The van der Waals surface area contributed by atoms with Crippen molar-refractivity contribution in [2.75, 3.05) is 7.11 Å². The van der Waals surface area contributed by atoms with Crippen LogP contribution < -0.4 is 15.5 Å². The summed E-state index contributed by atoms with van der Waals surface area (Å²) in [5, 5.41) is 27.8. The molecule has 0 spiro atoms. The van der Waals surface area contributed by atoms with Gasteiger partial charge in [-0.3, -0.25) is 19.7 Å². The predicted octanol–water partition coefficient (Wildman–Crippen LogP) is 3.93. The van der Waals surface area contributed by atoms with E-state index in [1.54, 1.807) is 56.3 Å². The molecule has 3 N–H and O–H groups in total. The van der Waals surface area contributed by atoms with E-state index in [1.165, 1.54) is 37.5 Å². The van der Waals surface area contributed by atoms with Crippen molar-refractivity contribution >= 4 is 29.3 Å².